The molecule has 0 unspecified atom stereocenters. The third kappa shape index (κ3) is 2.08. The first-order chi connectivity index (χ1) is 5.15. The first-order valence-electron chi connectivity index (χ1n) is 3.15. The Labute approximate surface area is 83.7 Å². The van der Waals surface area contributed by atoms with Gasteiger partial charge in [-0.2, -0.15) is 0 Å². The second kappa shape index (κ2) is 3.76. The van der Waals surface area contributed by atoms with Crippen molar-refractivity contribution in [1.82, 2.24) is 0 Å². The molecular formula is C8H8FIS. The van der Waals surface area contributed by atoms with E-state index in [0.717, 1.165) is 8.47 Å². The van der Waals surface area contributed by atoms with Gasteiger partial charge < -0.3 is 0 Å². The highest BCUT2D eigenvalue weighted by Gasteiger charge is 2.03. The van der Waals surface area contributed by atoms with Crippen LogP contribution < -0.4 is 0 Å². The molecule has 0 spiro atoms. The molecule has 0 aliphatic heterocycles. The fourth-order valence-corrected chi connectivity index (χ4v) is 2.25. The molecule has 0 aliphatic carbocycles. The summed E-state index contributed by atoms with van der Waals surface area (Å²) >= 11 is 3.72. The van der Waals surface area contributed by atoms with Gasteiger partial charge in [-0.05, 0) is 53.5 Å². The van der Waals surface area contributed by atoms with Gasteiger partial charge in [-0.3, -0.25) is 0 Å². The van der Waals surface area contributed by atoms with Gasteiger partial charge in [-0.15, -0.1) is 11.8 Å². The molecule has 0 bridgehead atoms. The Balaban J connectivity index is 3.24. The van der Waals surface area contributed by atoms with Crippen molar-refractivity contribution in [2.75, 3.05) is 6.26 Å². The molecule has 11 heavy (non-hydrogen) atoms. The Morgan fingerprint density at radius 1 is 1.45 bits per heavy atom. The zero-order valence-electron chi connectivity index (χ0n) is 6.32. The summed E-state index contributed by atoms with van der Waals surface area (Å²) in [6, 6.07) is 3.12. The summed E-state index contributed by atoms with van der Waals surface area (Å²) < 4.78 is 13.8. The molecule has 1 rings (SSSR count). The van der Waals surface area contributed by atoms with Crippen LogP contribution in [-0.4, -0.2) is 6.26 Å². The number of hydrogen-bond donors (Lipinski definition) is 0. The highest BCUT2D eigenvalue weighted by atomic mass is 127. The first kappa shape index (κ1) is 9.32. The fraction of sp³-hybridized carbons (Fsp3) is 0.250. The molecule has 0 saturated heterocycles. The summed E-state index contributed by atoms with van der Waals surface area (Å²) in [7, 11) is 0. The van der Waals surface area contributed by atoms with Crippen LogP contribution in [0.4, 0.5) is 4.39 Å². The van der Waals surface area contributed by atoms with Crippen LogP contribution in [0, 0.1) is 16.3 Å². The first-order valence-corrected chi connectivity index (χ1v) is 5.45. The van der Waals surface area contributed by atoms with Crippen molar-refractivity contribution in [3.05, 3.63) is 27.1 Å². The molecule has 1 aromatic carbocycles. The van der Waals surface area contributed by atoms with Gasteiger partial charge in [0.05, 0.1) is 0 Å². The predicted molar refractivity (Wildman–Crippen MR) is 55.6 cm³/mol. The Morgan fingerprint density at radius 3 is 2.64 bits per heavy atom. The van der Waals surface area contributed by atoms with Crippen LogP contribution in [0.15, 0.2) is 17.0 Å². The monoisotopic (exact) mass is 282 g/mol. The van der Waals surface area contributed by atoms with Crippen molar-refractivity contribution in [1.29, 1.82) is 0 Å². The normalized spacial score (nSPS) is 10.2. The minimum atomic E-state index is -0.149. The SMILES string of the molecule is CSc1cc(F)cc(I)c1C. The maximum atomic E-state index is 12.8. The van der Waals surface area contributed by atoms with Crippen LogP contribution in [-0.2, 0) is 0 Å². The van der Waals surface area contributed by atoms with Gasteiger partial charge in [0.15, 0.2) is 0 Å². The van der Waals surface area contributed by atoms with Gasteiger partial charge in [-0.25, -0.2) is 4.39 Å². The lowest BCUT2D eigenvalue weighted by Crippen LogP contribution is -1.86. The van der Waals surface area contributed by atoms with Crippen molar-refractivity contribution < 1.29 is 4.39 Å². The van der Waals surface area contributed by atoms with E-state index in [0.29, 0.717) is 0 Å². The lowest BCUT2D eigenvalue weighted by atomic mass is 10.2. The second-order valence-corrected chi connectivity index (χ2v) is 4.23. The van der Waals surface area contributed by atoms with E-state index in [4.69, 9.17) is 0 Å². The Kier molecular flexibility index (Phi) is 3.18. The standard InChI is InChI=1S/C8H8FIS/c1-5-7(10)3-6(9)4-8(5)11-2/h3-4H,1-2H3. The van der Waals surface area contributed by atoms with E-state index in [1.54, 1.807) is 23.9 Å². The van der Waals surface area contributed by atoms with Gasteiger partial charge >= 0.3 is 0 Å². The molecule has 0 fully saturated rings. The van der Waals surface area contributed by atoms with Crippen molar-refractivity contribution in [2.45, 2.75) is 11.8 Å². The van der Waals surface area contributed by atoms with E-state index in [1.807, 2.05) is 13.2 Å². The molecule has 60 valence electrons. The van der Waals surface area contributed by atoms with Crippen LogP contribution in [0.2, 0.25) is 0 Å². The molecule has 0 radical (unpaired) electrons. The quantitative estimate of drug-likeness (QED) is 0.561. The molecule has 0 aromatic heterocycles. The van der Waals surface area contributed by atoms with Crippen molar-refractivity contribution in [2.24, 2.45) is 0 Å². The molecule has 0 nitrogen and oxygen atoms in total. The second-order valence-electron chi connectivity index (χ2n) is 2.21. The summed E-state index contributed by atoms with van der Waals surface area (Å²) in [5.41, 5.74) is 1.17. The van der Waals surface area contributed by atoms with E-state index >= 15 is 0 Å². The van der Waals surface area contributed by atoms with E-state index in [9.17, 15) is 4.39 Å². The third-order valence-electron chi connectivity index (χ3n) is 1.48. The van der Waals surface area contributed by atoms with Crippen LogP contribution in [0.3, 0.4) is 0 Å². The molecule has 0 amide bonds. The zero-order chi connectivity index (χ0) is 8.43. The smallest absolute Gasteiger partial charge is 0.125 e. The number of benzene rings is 1. The third-order valence-corrected chi connectivity index (χ3v) is 3.47. The molecule has 1 aromatic rings. The summed E-state index contributed by atoms with van der Waals surface area (Å²) in [4.78, 5) is 1.02. The van der Waals surface area contributed by atoms with Crippen LogP contribution >= 0.6 is 34.4 Å². The molecule has 0 saturated carbocycles. The fourth-order valence-electron chi connectivity index (χ4n) is 0.834. The average Bonchev–Trinajstić information content (AvgIpc) is 1.96. The molecule has 0 aliphatic rings. The summed E-state index contributed by atoms with van der Waals surface area (Å²) in [5, 5.41) is 0. The zero-order valence-corrected chi connectivity index (χ0v) is 9.29. The van der Waals surface area contributed by atoms with Crippen molar-refractivity contribution in [3.8, 4) is 0 Å². The minimum absolute atomic E-state index is 0.149. The lowest BCUT2D eigenvalue weighted by Gasteiger charge is -2.03. The highest BCUT2D eigenvalue weighted by Crippen LogP contribution is 2.25. The van der Waals surface area contributed by atoms with E-state index in [2.05, 4.69) is 22.6 Å². The number of rotatable bonds is 1. The summed E-state index contributed by atoms with van der Waals surface area (Å²) in [5.74, 6) is -0.149. The highest BCUT2D eigenvalue weighted by molar-refractivity contribution is 14.1. The van der Waals surface area contributed by atoms with Crippen LogP contribution in [0.5, 0.6) is 0 Å². The largest absolute Gasteiger partial charge is 0.207 e. The van der Waals surface area contributed by atoms with Crippen molar-refractivity contribution in [3.63, 3.8) is 0 Å². The lowest BCUT2D eigenvalue weighted by molar-refractivity contribution is 0.622. The van der Waals surface area contributed by atoms with Gasteiger partial charge in [0.1, 0.15) is 5.82 Å². The van der Waals surface area contributed by atoms with E-state index < -0.39 is 0 Å². The number of thioether (sulfide) groups is 1. The van der Waals surface area contributed by atoms with Crippen LogP contribution in [0.25, 0.3) is 0 Å². The molecular weight excluding hydrogens is 274 g/mol. The molecule has 3 heteroatoms. The molecule has 0 atom stereocenters. The Morgan fingerprint density at radius 2 is 2.09 bits per heavy atom. The predicted octanol–water partition coefficient (Wildman–Crippen LogP) is 3.46. The van der Waals surface area contributed by atoms with Gasteiger partial charge in [0.2, 0.25) is 0 Å². The van der Waals surface area contributed by atoms with Crippen molar-refractivity contribution >= 4 is 34.4 Å². The topological polar surface area (TPSA) is 0 Å². The average molecular weight is 282 g/mol. The number of hydrogen-bond acceptors (Lipinski definition) is 1. The Hall–Kier alpha value is 0.230. The molecule has 0 heterocycles. The van der Waals surface area contributed by atoms with Gasteiger partial charge in [0.25, 0.3) is 0 Å². The number of halogens is 2. The molecule has 0 N–H and O–H groups in total. The van der Waals surface area contributed by atoms with Gasteiger partial charge in [-0.1, -0.05) is 0 Å². The minimum Gasteiger partial charge on any atom is -0.207 e. The van der Waals surface area contributed by atoms with E-state index in [1.165, 1.54) is 5.56 Å². The summed E-state index contributed by atoms with van der Waals surface area (Å²) in [6.45, 7) is 2.01. The Bertz CT molecular complexity index is 273. The maximum Gasteiger partial charge on any atom is 0.125 e. The maximum absolute atomic E-state index is 12.8. The van der Waals surface area contributed by atoms with E-state index in [-0.39, 0.29) is 5.82 Å². The van der Waals surface area contributed by atoms with Gasteiger partial charge in [0, 0.05) is 8.47 Å². The van der Waals surface area contributed by atoms with Crippen LogP contribution in [0.1, 0.15) is 5.56 Å². The summed E-state index contributed by atoms with van der Waals surface area (Å²) in [6.07, 6.45) is 1.96.